The van der Waals surface area contributed by atoms with Crippen LogP contribution in [-0.2, 0) is 0 Å². The van der Waals surface area contributed by atoms with Gasteiger partial charge in [0.15, 0.2) is 5.96 Å². The maximum absolute atomic E-state index is 11.4. The lowest BCUT2D eigenvalue weighted by Crippen LogP contribution is -2.44. The van der Waals surface area contributed by atoms with E-state index in [1.54, 1.807) is 7.05 Å². The van der Waals surface area contributed by atoms with Crippen molar-refractivity contribution < 1.29 is 10.2 Å². The van der Waals surface area contributed by atoms with E-state index in [1.165, 1.54) is 5.57 Å². The van der Waals surface area contributed by atoms with Crippen LogP contribution in [0.4, 0.5) is 0 Å². The average molecular weight is 367 g/mol. The zero-order chi connectivity index (χ0) is 19.4. The normalized spacial score (nSPS) is 37.9. The predicted octanol–water partition coefficient (Wildman–Crippen LogP) is 1.38. The lowest BCUT2D eigenvalue weighted by atomic mass is 9.74. The highest BCUT2D eigenvalue weighted by atomic mass is 16.3. The Bertz CT molecular complexity index is 520. The van der Waals surface area contributed by atoms with Crippen LogP contribution in [0, 0.1) is 17.8 Å². The molecule has 0 spiro atoms. The second kappa shape index (κ2) is 8.72. The van der Waals surface area contributed by atoms with Gasteiger partial charge in [-0.1, -0.05) is 12.2 Å². The molecule has 6 N–H and O–H groups in total. The van der Waals surface area contributed by atoms with Crippen molar-refractivity contribution in [1.82, 2.24) is 10.6 Å². The summed E-state index contributed by atoms with van der Waals surface area (Å²) >= 11 is 0. The number of aliphatic hydroxyl groups is 2. The van der Waals surface area contributed by atoms with Gasteiger partial charge in [0.05, 0.1) is 11.2 Å². The molecule has 150 valence electrons. The number of hydrogen-bond acceptors (Lipinski definition) is 4. The summed E-state index contributed by atoms with van der Waals surface area (Å²) in [6, 6.07) is 0. The molecule has 5 atom stereocenters. The molecule has 0 saturated heterocycles. The third-order valence-electron chi connectivity index (χ3n) is 6.78. The highest BCUT2D eigenvalue weighted by molar-refractivity contribution is 5.77. The zero-order valence-electron chi connectivity index (χ0n) is 16.7. The van der Waals surface area contributed by atoms with Crippen LogP contribution in [0.3, 0.4) is 0 Å². The van der Waals surface area contributed by atoms with E-state index >= 15 is 0 Å². The van der Waals surface area contributed by atoms with Crippen LogP contribution in [0.5, 0.6) is 0 Å². The Hall–Kier alpha value is -1.11. The maximum Gasteiger partial charge on any atom is 0.188 e. The second-order valence-electron chi connectivity index (χ2n) is 8.48. The Balaban J connectivity index is 2.12. The number of rotatable bonds is 7. The summed E-state index contributed by atoms with van der Waals surface area (Å²) < 4.78 is 0. The van der Waals surface area contributed by atoms with E-state index in [-0.39, 0.29) is 11.8 Å². The van der Waals surface area contributed by atoms with Crippen LogP contribution in [0.25, 0.3) is 0 Å². The van der Waals surface area contributed by atoms with Crippen molar-refractivity contribution in [3.05, 3.63) is 12.2 Å². The van der Waals surface area contributed by atoms with Gasteiger partial charge in [-0.05, 0) is 83.2 Å². The van der Waals surface area contributed by atoms with Gasteiger partial charge in [-0.3, -0.25) is 4.99 Å². The summed E-state index contributed by atoms with van der Waals surface area (Å²) in [6.07, 6.45) is 5.82. The van der Waals surface area contributed by atoms with Crippen LogP contribution in [0.1, 0.15) is 51.9 Å². The van der Waals surface area contributed by atoms with Crippen molar-refractivity contribution in [1.29, 1.82) is 0 Å². The predicted molar refractivity (Wildman–Crippen MR) is 107 cm³/mol. The maximum atomic E-state index is 11.4. The van der Waals surface area contributed by atoms with Gasteiger partial charge >= 0.3 is 0 Å². The number of nitrogens with one attached hydrogen (secondary N) is 2. The smallest absolute Gasteiger partial charge is 0.188 e. The molecule has 2 rings (SSSR count). The van der Waals surface area contributed by atoms with Crippen LogP contribution in [0.2, 0.25) is 0 Å². The van der Waals surface area contributed by atoms with Gasteiger partial charge in [0, 0.05) is 13.6 Å². The lowest BCUT2D eigenvalue weighted by Gasteiger charge is -2.37. The molecule has 2 fully saturated rings. The first kappa shape index (κ1) is 21.2. The van der Waals surface area contributed by atoms with E-state index in [9.17, 15) is 10.2 Å². The van der Waals surface area contributed by atoms with Crippen molar-refractivity contribution in [3.8, 4) is 0 Å². The molecule has 2 saturated carbocycles. The Kier molecular flexibility index (Phi) is 7.11. The Morgan fingerprint density at radius 1 is 1.23 bits per heavy atom. The summed E-state index contributed by atoms with van der Waals surface area (Å²) in [5, 5.41) is 28.8. The van der Waals surface area contributed by atoms with Crippen LogP contribution in [-0.4, -0.2) is 54.6 Å². The molecule has 0 aromatic heterocycles. The van der Waals surface area contributed by atoms with Crippen molar-refractivity contribution in [2.75, 3.05) is 27.2 Å². The number of aliphatic imine (C=N–C) groups is 1. The molecule has 0 unspecified atom stereocenters. The molecule has 0 amide bonds. The minimum Gasteiger partial charge on any atom is -0.390 e. The van der Waals surface area contributed by atoms with Crippen molar-refractivity contribution in [2.24, 2.45) is 28.5 Å². The van der Waals surface area contributed by atoms with E-state index in [4.69, 9.17) is 5.73 Å². The highest BCUT2D eigenvalue weighted by Gasteiger charge is 2.54. The molecule has 0 aromatic carbocycles. The Morgan fingerprint density at radius 3 is 2.62 bits per heavy atom. The van der Waals surface area contributed by atoms with Gasteiger partial charge in [0.2, 0.25) is 0 Å². The molecule has 26 heavy (non-hydrogen) atoms. The third-order valence-corrected chi connectivity index (χ3v) is 6.78. The minimum atomic E-state index is -0.762. The first-order valence-corrected chi connectivity index (χ1v) is 9.96. The average Bonchev–Trinajstić information content (AvgIpc) is 2.85. The first-order valence-electron chi connectivity index (χ1n) is 9.96. The monoisotopic (exact) mass is 366 g/mol. The molecule has 0 aromatic rings. The second-order valence-corrected chi connectivity index (χ2v) is 8.48. The minimum absolute atomic E-state index is 0.0953. The van der Waals surface area contributed by atoms with Gasteiger partial charge in [-0.25, -0.2) is 0 Å². The Labute approximate surface area is 158 Å². The standard InChI is InChI=1S/C20H38N4O2/c1-14(7-11-22-3)15-5-8-19(2,25)16-6-9-20(26,17(16)13-15)10-12-24-18(21)23-4/h15-17,22,25-26H,1,5-13H2,2-4H3,(H3,21,23,24)/t15-,16-,17-,19+,20+/m0/s1. The van der Waals surface area contributed by atoms with Gasteiger partial charge < -0.3 is 26.6 Å². The molecule has 0 radical (unpaired) electrons. The lowest BCUT2D eigenvalue weighted by molar-refractivity contribution is -0.0642. The molecule has 6 nitrogen and oxygen atoms in total. The van der Waals surface area contributed by atoms with E-state index in [0.717, 1.165) is 45.1 Å². The van der Waals surface area contributed by atoms with Gasteiger partial charge in [-0.15, -0.1) is 0 Å². The summed E-state index contributed by atoms with van der Waals surface area (Å²) in [5.74, 6) is 1.00. The van der Waals surface area contributed by atoms with Gasteiger partial charge in [0.25, 0.3) is 0 Å². The SMILES string of the molecule is C=C(CCNC)[C@H]1CC[C@@](C)(O)[C@H]2CC[C@@](O)(CCNC(N)=NC)[C@H]2C1. The summed E-state index contributed by atoms with van der Waals surface area (Å²) in [7, 11) is 3.60. The molecule has 0 bridgehead atoms. The topological polar surface area (TPSA) is 103 Å². The fraction of sp³-hybridized carbons (Fsp3) is 0.850. The van der Waals surface area contributed by atoms with E-state index in [0.29, 0.717) is 24.8 Å². The number of guanidine groups is 1. The van der Waals surface area contributed by atoms with Gasteiger partial charge in [0.1, 0.15) is 0 Å². The van der Waals surface area contributed by atoms with Crippen LogP contribution >= 0.6 is 0 Å². The Morgan fingerprint density at radius 2 is 1.96 bits per heavy atom. The highest BCUT2D eigenvalue weighted by Crippen LogP contribution is 2.54. The molecule has 0 heterocycles. The largest absolute Gasteiger partial charge is 0.390 e. The van der Waals surface area contributed by atoms with Crippen molar-refractivity contribution in [3.63, 3.8) is 0 Å². The van der Waals surface area contributed by atoms with Crippen molar-refractivity contribution in [2.45, 2.75) is 63.1 Å². The molecular formula is C20H38N4O2. The van der Waals surface area contributed by atoms with Crippen molar-refractivity contribution >= 4 is 5.96 Å². The van der Waals surface area contributed by atoms with Crippen LogP contribution < -0.4 is 16.4 Å². The number of fused-ring (bicyclic) bond motifs is 1. The summed E-state index contributed by atoms with van der Waals surface area (Å²) in [4.78, 5) is 3.90. The van der Waals surface area contributed by atoms with Gasteiger partial charge in [-0.2, -0.15) is 0 Å². The zero-order valence-corrected chi connectivity index (χ0v) is 16.7. The fourth-order valence-electron chi connectivity index (χ4n) is 5.03. The molecular weight excluding hydrogens is 328 g/mol. The molecule has 2 aliphatic rings. The molecule has 2 aliphatic carbocycles. The van der Waals surface area contributed by atoms with E-state index < -0.39 is 11.2 Å². The third kappa shape index (κ3) is 4.78. The number of hydrogen-bond donors (Lipinski definition) is 5. The summed E-state index contributed by atoms with van der Waals surface area (Å²) in [5.41, 5.74) is 5.47. The summed E-state index contributed by atoms with van der Waals surface area (Å²) in [6.45, 7) is 7.78. The molecule has 6 heteroatoms. The van der Waals surface area contributed by atoms with Crippen LogP contribution in [0.15, 0.2) is 17.1 Å². The fourth-order valence-corrected chi connectivity index (χ4v) is 5.03. The number of nitrogens with two attached hydrogens (primary N) is 1. The quantitative estimate of drug-likeness (QED) is 0.266. The first-order chi connectivity index (χ1) is 12.2. The molecule has 0 aliphatic heterocycles. The van der Waals surface area contributed by atoms with E-state index in [1.807, 2.05) is 14.0 Å². The number of nitrogens with zero attached hydrogens (tertiary/aromatic N) is 1. The van der Waals surface area contributed by atoms with E-state index in [2.05, 4.69) is 22.2 Å².